The molecule has 1 atom stereocenters. The minimum Gasteiger partial charge on any atom is -0.396 e. The highest BCUT2D eigenvalue weighted by atomic mass is 16.3. The molecule has 1 fully saturated rings. The molecule has 1 saturated heterocycles. The Kier molecular flexibility index (Phi) is 9.48. The minimum atomic E-state index is 0.382. The summed E-state index contributed by atoms with van der Waals surface area (Å²) in [6, 6.07) is 0. The molecule has 0 bridgehead atoms. The van der Waals surface area contributed by atoms with Crippen molar-refractivity contribution in [2.24, 2.45) is 5.92 Å². The number of rotatable bonds is 10. The van der Waals surface area contributed by atoms with Gasteiger partial charge in [0.2, 0.25) is 0 Å². The molecule has 1 heterocycles. The second-order valence-corrected chi connectivity index (χ2v) is 5.96. The zero-order valence-electron chi connectivity index (χ0n) is 13.1. The maximum Gasteiger partial charge on any atom is 0.0459 e. The van der Waals surface area contributed by atoms with Gasteiger partial charge in [0.15, 0.2) is 0 Å². The van der Waals surface area contributed by atoms with Crippen LogP contribution in [0, 0.1) is 5.92 Å². The first-order chi connectivity index (χ1) is 9.30. The van der Waals surface area contributed by atoms with Crippen molar-refractivity contribution in [1.82, 2.24) is 9.80 Å². The molecule has 3 nitrogen and oxygen atoms in total. The van der Waals surface area contributed by atoms with Gasteiger partial charge in [-0.3, -0.25) is 0 Å². The summed E-state index contributed by atoms with van der Waals surface area (Å²) in [5.74, 6) is 0.554. The Morgan fingerprint density at radius 2 is 1.58 bits per heavy atom. The third-order valence-corrected chi connectivity index (χ3v) is 4.45. The smallest absolute Gasteiger partial charge is 0.0459 e. The first-order valence-electron chi connectivity index (χ1n) is 8.35. The van der Waals surface area contributed by atoms with E-state index in [0.29, 0.717) is 12.5 Å². The Morgan fingerprint density at radius 1 is 0.895 bits per heavy atom. The quantitative estimate of drug-likeness (QED) is 0.618. The monoisotopic (exact) mass is 270 g/mol. The molecule has 1 rings (SSSR count). The van der Waals surface area contributed by atoms with Crippen molar-refractivity contribution in [2.45, 2.75) is 52.4 Å². The summed E-state index contributed by atoms with van der Waals surface area (Å²) >= 11 is 0. The molecule has 3 heteroatoms. The second-order valence-electron chi connectivity index (χ2n) is 5.96. The zero-order valence-corrected chi connectivity index (χ0v) is 13.1. The maximum atomic E-state index is 9.25. The lowest BCUT2D eigenvalue weighted by Gasteiger charge is -2.34. The van der Waals surface area contributed by atoms with Gasteiger partial charge < -0.3 is 14.9 Å². The molecule has 1 aliphatic heterocycles. The van der Waals surface area contributed by atoms with Crippen molar-refractivity contribution in [3.8, 4) is 0 Å². The molecule has 1 aliphatic rings. The number of likely N-dealkylation sites (N-methyl/N-ethyl adjacent to an activating group) is 1. The molecular weight excluding hydrogens is 236 g/mol. The summed E-state index contributed by atoms with van der Waals surface area (Å²) in [4.78, 5) is 5.15. The van der Waals surface area contributed by atoms with E-state index in [1.54, 1.807) is 0 Å². The maximum absolute atomic E-state index is 9.25. The molecule has 19 heavy (non-hydrogen) atoms. The average Bonchev–Trinajstić information content (AvgIpc) is 2.46. The van der Waals surface area contributed by atoms with Crippen molar-refractivity contribution in [1.29, 1.82) is 0 Å². The first-order valence-corrected chi connectivity index (χ1v) is 8.35. The van der Waals surface area contributed by atoms with Crippen LogP contribution in [0.5, 0.6) is 0 Å². The van der Waals surface area contributed by atoms with E-state index in [2.05, 4.69) is 23.6 Å². The third kappa shape index (κ3) is 7.28. The Morgan fingerprint density at radius 3 is 2.16 bits per heavy atom. The van der Waals surface area contributed by atoms with Gasteiger partial charge in [0, 0.05) is 32.8 Å². The number of unbranched alkanes of at least 4 members (excludes halogenated alkanes) is 2. The molecule has 0 amide bonds. The highest BCUT2D eigenvalue weighted by Crippen LogP contribution is 2.15. The molecule has 0 aromatic rings. The molecule has 0 aromatic heterocycles. The predicted molar refractivity (Wildman–Crippen MR) is 82.5 cm³/mol. The number of aliphatic hydroxyl groups is 1. The van der Waals surface area contributed by atoms with E-state index in [1.165, 1.54) is 77.8 Å². The average molecular weight is 270 g/mol. The zero-order chi connectivity index (χ0) is 13.9. The fourth-order valence-corrected chi connectivity index (χ4v) is 3.01. The fourth-order valence-electron chi connectivity index (χ4n) is 3.01. The van der Waals surface area contributed by atoms with Crippen LogP contribution in [0.15, 0.2) is 0 Å². The van der Waals surface area contributed by atoms with E-state index in [-0.39, 0.29) is 0 Å². The highest BCUT2D eigenvalue weighted by Gasteiger charge is 2.14. The van der Waals surface area contributed by atoms with Crippen LogP contribution < -0.4 is 0 Å². The first kappa shape index (κ1) is 16.9. The summed E-state index contributed by atoms with van der Waals surface area (Å²) in [7, 11) is 0. The number of nitrogens with zero attached hydrogens (tertiary/aromatic N) is 2. The third-order valence-electron chi connectivity index (χ3n) is 4.45. The summed E-state index contributed by atoms with van der Waals surface area (Å²) in [6.07, 6.45) is 7.56. The van der Waals surface area contributed by atoms with Gasteiger partial charge in [0.05, 0.1) is 0 Å². The van der Waals surface area contributed by atoms with E-state index < -0.39 is 0 Å². The Bertz CT molecular complexity index is 203. The summed E-state index contributed by atoms with van der Waals surface area (Å²) in [6.45, 7) is 12.3. The molecule has 1 N–H and O–H groups in total. The van der Waals surface area contributed by atoms with Crippen LogP contribution in [0.1, 0.15) is 52.4 Å². The molecule has 114 valence electrons. The Labute approximate surface area is 120 Å². The van der Waals surface area contributed by atoms with Gasteiger partial charge in [0.25, 0.3) is 0 Å². The van der Waals surface area contributed by atoms with Crippen molar-refractivity contribution in [3.05, 3.63) is 0 Å². The summed E-state index contributed by atoms with van der Waals surface area (Å²) in [5, 5.41) is 9.25. The largest absolute Gasteiger partial charge is 0.396 e. The SMILES string of the molecule is CCCC(CO)CCCCCN1CCN(CC)CC1. The van der Waals surface area contributed by atoms with Crippen LogP contribution in [-0.2, 0) is 0 Å². The van der Waals surface area contributed by atoms with Crippen LogP contribution >= 0.6 is 0 Å². The van der Waals surface area contributed by atoms with Crippen LogP contribution in [-0.4, -0.2) is 60.8 Å². The van der Waals surface area contributed by atoms with Gasteiger partial charge in [-0.1, -0.05) is 33.1 Å². The van der Waals surface area contributed by atoms with Crippen molar-refractivity contribution >= 4 is 0 Å². The summed E-state index contributed by atoms with van der Waals surface area (Å²) in [5.41, 5.74) is 0. The van der Waals surface area contributed by atoms with Gasteiger partial charge >= 0.3 is 0 Å². The normalized spacial score (nSPS) is 19.7. The molecule has 0 aliphatic carbocycles. The molecule has 0 saturated carbocycles. The van der Waals surface area contributed by atoms with E-state index in [0.717, 1.165) is 0 Å². The van der Waals surface area contributed by atoms with Crippen molar-refractivity contribution < 1.29 is 5.11 Å². The lowest BCUT2D eigenvalue weighted by Crippen LogP contribution is -2.46. The van der Waals surface area contributed by atoms with Gasteiger partial charge in [-0.25, -0.2) is 0 Å². The Balaban J connectivity index is 1.96. The van der Waals surface area contributed by atoms with E-state index in [1.807, 2.05) is 0 Å². The van der Waals surface area contributed by atoms with Gasteiger partial charge in [-0.15, -0.1) is 0 Å². The van der Waals surface area contributed by atoms with E-state index in [9.17, 15) is 5.11 Å². The molecule has 0 aromatic carbocycles. The minimum absolute atomic E-state index is 0.382. The topological polar surface area (TPSA) is 26.7 Å². The number of aliphatic hydroxyl groups excluding tert-OH is 1. The van der Waals surface area contributed by atoms with Crippen LogP contribution in [0.2, 0.25) is 0 Å². The lowest BCUT2D eigenvalue weighted by atomic mass is 9.97. The molecule has 0 spiro atoms. The van der Waals surface area contributed by atoms with Gasteiger partial charge in [0.1, 0.15) is 0 Å². The molecular formula is C16H34N2O. The number of hydrogen-bond donors (Lipinski definition) is 1. The predicted octanol–water partition coefficient (Wildman–Crippen LogP) is 2.59. The van der Waals surface area contributed by atoms with E-state index in [4.69, 9.17) is 0 Å². The summed E-state index contributed by atoms with van der Waals surface area (Å²) < 4.78 is 0. The standard InChI is InChI=1S/C16H34N2O/c1-3-8-16(15-19)9-6-5-7-10-18-13-11-17(4-2)12-14-18/h16,19H,3-15H2,1-2H3. The fraction of sp³-hybridized carbons (Fsp3) is 1.00. The number of hydrogen-bond acceptors (Lipinski definition) is 3. The Hall–Kier alpha value is -0.120. The van der Waals surface area contributed by atoms with Gasteiger partial charge in [-0.2, -0.15) is 0 Å². The highest BCUT2D eigenvalue weighted by molar-refractivity contribution is 4.70. The van der Waals surface area contributed by atoms with E-state index >= 15 is 0 Å². The lowest BCUT2D eigenvalue weighted by molar-refractivity contribution is 0.135. The van der Waals surface area contributed by atoms with Crippen LogP contribution in [0.25, 0.3) is 0 Å². The number of piperazine rings is 1. The molecule has 0 radical (unpaired) electrons. The second kappa shape index (κ2) is 10.6. The van der Waals surface area contributed by atoms with Crippen LogP contribution in [0.4, 0.5) is 0 Å². The van der Waals surface area contributed by atoms with Gasteiger partial charge in [-0.05, 0) is 38.3 Å². The molecule has 1 unspecified atom stereocenters. The van der Waals surface area contributed by atoms with Crippen molar-refractivity contribution in [3.63, 3.8) is 0 Å². The van der Waals surface area contributed by atoms with Crippen LogP contribution in [0.3, 0.4) is 0 Å². The van der Waals surface area contributed by atoms with Crippen molar-refractivity contribution in [2.75, 3.05) is 45.9 Å².